The molecule has 0 aromatic heterocycles. The minimum atomic E-state index is 0.417. The van der Waals surface area contributed by atoms with Gasteiger partial charge in [-0.3, -0.25) is 0 Å². The molecule has 0 aliphatic heterocycles. The van der Waals surface area contributed by atoms with E-state index in [1.54, 1.807) is 0 Å². The molecule has 42 valence electrons. The van der Waals surface area contributed by atoms with Gasteiger partial charge in [0.2, 0.25) is 0 Å². The molecule has 0 aliphatic carbocycles. The molecule has 7 heavy (non-hydrogen) atoms. The van der Waals surface area contributed by atoms with Crippen LogP contribution in [0.2, 0.25) is 0 Å². The second kappa shape index (κ2) is 1.77. The molecule has 0 atom stereocenters. The van der Waals surface area contributed by atoms with Crippen LogP contribution in [0.1, 0.15) is 34.6 Å². The normalized spacial score (nSPS) is 11.6. The Morgan fingerprint density at radius 2 is 1.14 bits per heavy atom. The molecule has 0 saturated heterocycles. The summed E-state index contributed by atoms with van der Waals surface area (Å²) in [5.41, 5.74) is 0.417. The SMILES string of the molecule is C[C+](C)C(C)(C)C. The highest BCUT2D eigenvalue weighted by atomic mass is 14.2. The molecule has 0 nitrogen and oxygen atoms in total. The molecular formula is C7H15+. The van der Waals surface area contributed by atoms with Gasteiger partial charge in [-0.2, -0.15) is 0 Å². The Hall–Kier alpha value is -0.130. The second-order valence-corrected chi connectivity index (χ2v) is 3.25. The Balaban J connectivity index is 3.54. The van der Waals surface area contributed by atoms with E-state index in [0.717, 1.165) is 0 Å². The quantitative estimate of drug-likeness (QED) is 0.409. The van der Waals surface area contributed by atoms with Crippen molar-refractivity contribution < 1.29 is 0 Å². The largest absolute Gasteiger partial charge is 0.101 e. The lowest BCUT2D eigenvalue weighted by atomic mass is 9.84. The lowest BCUT2D eigenvalue weighted by Crippen LogP contribution is -2.10. The first-order chi connectivity index (χ1) is 2.94. The zero-order valence-electron chi connectivity index (χ0n) is 6.00. The highest BCUT2D eigenvalue weighted by Gasteiger charge is 2.25. The number of hydrogen-bond acceptors (Lipinski definition) is 0. The molecule has 0 saturated carbocycles. The average molecular weight is 99.2 g/mol. The van der Waals surface area contributed by atoms with Gasteiger partial charge in [-0.15, -0.1) is 0 Å². The van der Waals surface area contributed by atoms with Crippen LogP contribution < -0.4 is 0 Å². The van der Waals surface area contributed by atoms with Crippen molar-refractivity contribution in [2.75, 3.05) is 0 Å². The van der Waals surface area contributed by atoms with E-state index in [1.165, 1.54) is 5.92 Å². The van der Waals surface area contributed by atoms with Gasteiger partial charge >= 0.3 is 0 Å². The van der Waals surface area contributed by atoms with Crippen molar-refractivity contribution in [3.63, 3.8) is 0 Å². The molecule has 0 amide bonds. The van der Waals surface area contributed by atoms with Gasteiger partial charge in [-0.05, 0) is 20.8 Å². The maximum atomic E-state index is 2.22. The van der Waals surface area contributed by atoms with Crippen LogP contribution in [0.15, 0.2) is 0 Å². The Morgan fingerprint density at radius 3 is 1.14 bits per heavy atom. The van der Waals surface area contributed by atoms with Crippen molar-refractivity contribution in [1.82, 2.24) is 0 Å². The molecule has 0 rings (SSSR count). The van der Waals surface area contributed by atoms with E-state index < -0.39 is 0 Å². The minimum Gasteiger partial charge on any atom is -0.0190 e. The fraction of sp³-hybridized carbons (Fsp3) is 0.857. The molecule has 0 aliphatic rings. The van der Waals surface area contributed by atoms with Crippen LogP contribution in [0.3, 0.4) is 0 Å². The third kappa shape index (κ3) is 2.55. The summed E-state index contributed by atoms with van der Waals surface area (Å²) in [7, 11) is 0. The third-order valence-electron chi connectivity index (χ3n) is 1.50. The Kier molecular flexibility index (Phi) is 1.74. The summed E-state index contributed by atoms with van der Waals surface area (Å²) in [6.07, 6.45) is 0. The molecule has 0 aromatic rings. The molecular weight excluding hydrogens is 84.1 g/mol. The summed E-state index contributed by atoms with van der Waals surface area (Å²) < 4.78 is 0. The second-order valence-electron chi connectivity index (χ2n) is 3.25. The molecule has 0 bridgehead atoms. The third-order valence-corrected chi connectivity index (χ3v) is 1.50. The van der Waals surface area contributed by atoms with E-state index in [4.69, 9.17) is 0 Å². The fourth-order valence-electron chi connectivity index (χ4n) is 0. The minimum absolute atomic E-state index is 0.417. The number of rotatable bonds is 0. The summed E-state index contributed by atoms with van der Waals surface area (Å²) in [6, 6.07) is 0. The highest BCUT2D eigenvalue weighted by Crippen LogP contribution is 2.25. The first kappa shape index (κ1) is 6.87. The molecule has 0 unspecified atom stereocenters. The Bertz CT molecular complexity index is 45.5. The first-order valence-corrected chi connectivity index (χ1v) is 2.75. The van der Waals surface area contributed by atoms with Gasteiger partial charge in [0.25, 0.3) is 0 Å². The smallest absolute Gasteiger partial charge is 0.0190 e. The van der Waals surface area contributed by atoms with E-state index in [0.29, 0.717) is 5.41 Å². The van der Waals surface area contributed by atoms with Crippen LogP contribution in [-0.2, 0) is 0 Å². The zero-order valence-corrected chi connectivity index (χ0v) is 6.00. The van der Waals surface area contributed by atoms with Crippen molar-refractivity contribution in [1.29, 1.82) is 0 Å². The predicted molar refractivity (Wildman–Crippen MR) is 34.0 cm³/mol. The van der Waals surface area contributed by atoms with Gasteiger partial charge < -0.3 is 0 Å². The van der Waals surface area contributed by atoms with Crippen LogP contribution in [0.25, 0.3) is 0 Å². The van der Waals surface area contributed by atoms with Crippen LogP contribution in [0.5, 0.6) is 0 Å². The Labute approximate surface area is 46.9 Å². The summed E-state index contributed by atoms with van der Waals surface area (Å²) in [5.74, 6) is 1.49. The summed E-state index contributed by atoms with van der Waals surface area (Å²) in [6.45, 7) is 11.0. The monoisotopic (exact) mass is 99.1 g/mol. The van der Waals surface area contributed by atoms with Gasteiger partial charge in [0.15, 0.2) is 0 Å². The fourth-order valence-corrected chi connectivity index (χ4v) is 0. The van der Waals surface area contributed by atoms with Crippen LogP contribution in [-0.4, -0.2) is 0 Å². The van der Waals surface area contributed by atoms with Crippen molar-refractivity contribution in [3.05, 3.63) is 5.92 Å². The van der Waals surface area contributed by atoms with Gasteiger partial charge in [0.05, 0.1) is 19.8 Å². The van der Waals surface area contributed by atoms with Crippen molar-refractivity contribution in [2.45, 2.75) is 34.6 Å². The van der Waals surface area contributed by atoms with Crippen LogP contribution in [0, 0.1) is 11.3 Å². The van der Waals surface area contributed by atoms with Crippen molar-refractivity contribution in [2.24, 2.45) is 5.41 Å². The topological polar surface area (TPSA) is 0 Å². The summed E-state index contributed by atoms with van der Waals surface area (Å²) in [4.78, 5) is 0. The van der Waals surface area contributed by atoms with E-state index in [-0.39, 0.29) is 0 Å². The lowest BCUT2D eigenvalue weighted by molar-refractivity contribution is 0.438. The molecule has 0 heteroatoms. The van der Waals surface area contributed by atoms with E-state index in [1.807, 2.05) is 0 Å². The predicted octanol–water partition coefficient (Wildman–Crippen LogP) is 2.65. The van der Waals surface area contributed by atoms with E-state index in [9.17, 15) is 0 Å². The maximum Gasteiger partial charge on any atom is 0.101 e. The van der Waals surface area contributed by atoms with Gasteiger partial charge in [0, 0.05) is 0 Å². The lowest BCUT2D eigenvalue weighted by Gasteiger charge is -2.11. The Morgan fingerprint density at radius 1 is 1.00 bits per heavy atom. The molecule has 0 radical (unpaired) electrons. The first-order valence-electron chi connectivity index (χ1n) is 2.75. The van der Waals surface area contributed by atoms with Crippen LogP contribution >= 0.6 is 0 Å². The average Bonchev–Trinajstić information content (AvgIpc) is 1.31. The van der Waals surface area contributed by atoms with Gasteiger partial charge in [0.1, 0.15) is 5.41 Å². The molecule has 0 heterocycles. The zero-order chi connectivity index (χ0) is 6.08. The molecule has 0 aromatic carbocycles. The molecule has 0 spiro atoms. The van der Waals surface area contributed by atoms with Gasteiger partial charge in [-0.25, -0.2) is 0 Å². The molecule has 0 fully saturated rings. The highest BCUT2D eigenvalue weighted by molar-refractivity contribution is 4.90. The van der Waals surface area contributed by atoms with Gasteiger partial charge in [-0.1, -0.05) is 0 Å². The van der Waals surface area contributed by atoms with Crippen LogP contribution in [0.4, 0.5) is 0 Å². The summed E-state index contributed by atoms with van der Waals surface area (Å²) >= 11 is 0. The molecule has 0 N–H and O–H groups in total. The van der Waals surface area contributed by atoms with E-state index >= 15 is 0 Å². The van der Waals surface area contributed by atoms with E-state index in [2.05, 4.69) is 34.6 Å². The standard InChI is InChI=1S/C7H15/c1-6(2)7(3,4)5/h1-5H3/q+1. The number of hydrogen-bond donors (Lipinski definition) is 0. The maximum absolute atomic E-state index is 2.22. The van der Waals surface area contributed by atoms with Crippen molar-refractivity contribution >= 4 is 0 Å². The van der Waals surface area contributed by atoms with Crippen molar-refractivity contribution in [3.8, 4) is 0 Å². The summed E-state index contributed by atoms with van der Waals surface area (Å²) in [5, 5.41) is 0.